The number of benzene rings is 1. The molecule has 2 aromatic heterocycles. The summed E-state index contributed by atoms with van der Waals surface area (Å²) in [4.78, 5) is 4.62. The second kappa shape index (κ2) is 5.37. The number of halogens is 2. The third-order valence-electron chi connectivity index (χ3n) is 3.36. The molecule has 0 aliphatic carbocycles. The molecule has 3 aromatic rings. The summed E-state index contributed by atoms with van der Waals surface area (Å²) in [5.74, 6) is 0.942. The normalized spacial score (nSPS) is 13.0. The van der Waals surface area contributed by atoms with E-state index in [-0.39, 0.29) is 6.04 Å². The summed E-state index contributed by atoms with van der Waals surface area (Å²) in [5.41, 5.74) is 9.20. The van der Waals surface area contributed by atoms with Crippen LogP contribution in [0.2, 0.25) is 8.67 Å². The summed E-state index contributed by atoms with van der Waals surface area (Å²) >= 11 is 13.5. The van der Waals surface area contributed by atoms with E-state index in [4.69, 9.17) is 28.9 Å². The fourth-order valence-electron chi connectivity index (χ4n) is 2.29. The zero-order valence-corrected chi connectivity index (χ0v) is 13.1. The van der Waals surface area contributed by atoms with Crippen LogP contribution in [0.1, 0.15) is 17.4 Å². The highest BCUT2D eigenvalue weighted by Gasteiger charge is 2.17. The number of nitrogens with two attached hydrogens (primary N) is 1. The molecule has 104 valence electrons. The van der Waals surface area contributed by atoms with Crippen molar-refractivity contribution in [3.05, 3.63) is 50.4 Å². The van der Waals surface area contributed by atoms with E-state index in [1.54, 1.807) is 0 Å². The number of imidazole rings is 1. The molecular weight excluding hydrogens is 313 g/mol. The van der Waals surface area contributed by atoms with E-state index in [9.17, 15) is 0 Å². The SMILES string of the molecule is Cn1c(CC(N)c2cc(Cl)sc2Cl)nc2ccccc21. The molecule has 0 saturated carbocycles. The van der Waals surface area contributed by atoms with Gasteiger partial charge in [-0.05, 0) is 18.2 Å². The Kier molecular flexibility index (Phi) is 3.73. The van der Waals surface area contributed by atoms with Crippen LogP contribution in [0, 0.1) is 0 Å². The summed E-state index contributed by atoms with van der Waals surface area (Å²) < 4.78 is 3.38. The Labute approximate surface area is 130 Å². The van der Waals surface area contributed by atoms with E-state index in [0.29, 0.717) is 15.1 Å². The lowest BCUT2D eigenvalue weighted by atomic mass is 10.1. The topological polar surface area (TPSA) is 43.8 Å². The summed E-state index contributed by atoms with van der Waals surface area (Å²) in [6.07, 6.45) is 0.623. The van der Waals surface area contributed by atoms with Gasteiger partial charge in [-0.1, -0.05) is 35.3 Å². The van der Waals surface area contributed by atoms with Crippen LogP contribution in [0.15, 0.2) is 30.3 Å². The van der Waals surface area contributed by atoms with Crippen molar-refractivity contribution in [3.8, 4) is 0 Å². The lowest BCUT2D eigenvalue weighted by molar-refractivity contribution is 0.667. The van der Waals surface area contributed by atoms with Gasteiger partial charge >= 0.3 is 0 Å². The number of para-hydroxylation sites is 2. The summed E-state index contributed by atoms with van der Waals surface area (Å²) in [7, 11) is 2.00. The molecule has 0 radical (unpaired) electrons. The molecule has 3 nitrogen and oxygen atoms in total. The number of nitrogens with zero attached hydrogens (tertiary/aromatic N) is 2. The van der Waals surface area contributed by atoms with Gasteiger partial charge < -0.3 is 10.3 Å². The standard InChI is InChI=1S/C14H13Cl2N3S/c1-19-11-5-3-2-4-10(11)18-13(19)7-9(17)8-6-12(15)20-14(8)16/h2-6,9H,7,17H2,1H3. The summed E-state index contributed by atoms with van der Waals surface area (Å²) in [6.45, 7) is 0. The van der Waals surface area contributed by atoms with Crippen molar-refractivity contribution in [1.29, 1.82) is 0 Å². The van der Waals surface area contributed by atoms with Crippen molar-refractivity contribution in [3.63, 3.8) is 0 Å². The summed E-state index contributed by atoms with van der Waals surface area (Å²) in [5, 5.41) is 0. The van der Waals surface area contributed by atoms with Crippen molar-refractivity contribution in [2.45, 2.75) is 12.5 Å². The molecule has 1 atom stereocenters. The number of fused-ring (bicyclic) bond motifs is 1. The van der Waals surface area contributed by atoms with Crippen LogP contribution in [0.4, 0.5) is 0 Å². The highest BCUT2D eigenvalue weighted by Crippen LogP contribution is 2.35. The maximum absolute atomic E-state index is 6.24. The predicted octanol–water partition coefficient (Wildman–Crippen LogP) is 4.18. The van der Waals surface area contributed by atoms with Gasteiger partial charge in [-0.2, -0.15) is 0 Å². The van der Waals surface area contributed by atoms with Gasteiger partial charge in [0.1, 0.15) is 5.82 Å². The van der Waals surface area contributed by atoms with Crippen LogP contribution in [0.3, 0.4) is 0 Å². The number of hydrogen-bond acceptors (Lipinski definition) is 3. The monoisotopic (exact) mass is 325 g/mol. The Morgan fingerprint density at radius 3 is 2.75 bits per heavy atom. The van der Waals surface area contributed by atoms with Crippen LogP contribution >= 0.6 is 34.5 Å². The van der Waals surface area contributed by atoms with Gasteiger partial charge in [0.05, 0.1) is 19.7 Å². The predicted molar refractivity (Wildman–Crippen MR) is 85.7 cm³/mol. The molecule has 2 heterocycles. The van der Waals surface area contributed by atoms with Gasteiger partial charge in [0.2, 0.25) is 0 Å². The number of aryl methyl sites for hydroxylation is 1. The molecule has 3 rings (SSSR count). The average molecular weight is 326 g/mol. The minimum atomic E-state index is -0.207. The highest BCUT2D eigenvalue weighted by atomic mass is 35.5. The van der Waals surface area contributed by atoms with Gasteiger partial charge in [-0.25, -0.2) is 4.98 Å². The molecule has 0 bridgehead atoms. The quantitative estimate of drug-likeness (QED) is 0.784. The van der Waals surface area contributed by atoms with E-state index in [1.165, 1.54) is 11.3 Å². The molecule has 6 heteroatoms. The smallest absolute Gasteiger partial charge is 0.111 e. The van der Waals surface area contributed by atoms with Crippen molar-refractivity contribution >= 4 is 45.6 Å². The molecule has 20 heavy (non-hydrogen) atoms. The van der Waals surface area contributed by atoms with Crippen molar-refractivity contribution in [1.82, 2.24) is 9.55 Å². The van der Waals surface area contributed by atoms with Crippen molar-refractivity contribution in [2.75, 3.05) is 0 Å². The first-order chi connectivity index (χ1) is 9.56. The Morgan fingerprint density at radius 1 is 1.35 bits per heavy atom. The van der Waals surface area contributed by atoms with Gasteiger partial charge in [0, 0.05) is 25.1 Å². The maximum atomic E-state index is 6.24. The molecule has 1 unspecified atom stereocenters. The van der Waals surface area contributed by atoms with E-state index in [0.717, 1.165) is 22.4 Å². The fourth-order valence-corrected chi connectivity index (χ4v) is 3.89. The molecule has 2 N–H and O–H groups in total. The average Bonchev–Trinajstić information content (AvgIpc) is 2.91. The van der Waals surface area contributed by atoms with Gasteiger partial charge in [0.15, 0.2) is 0 Å². The van der Waals surface area contributed by atoms with Gasteiger partial charge in [0.25, 0.3) is 0 Å². The van der Waals surface area contributed by atoms with Crippen LogP contribution < -0.4 is 5.73 Å². The van der Waals surface area contributed by atoms with E-state index < -0.39 is 0 Å². The summed E-state index contributed by atoms with van der Waals surface area (Å²) in [6, 6.07) is 9.66. The molecular formula is C14H13Cl2N3S. The first kappa shape index (κ1) is 13.9. The molecule has 1 aromatic carbocycles. The van der Waals surface area contributed by atoms with Crippen LogP contribution in [-0.2, 0) is 13.5 Å². The fraction of sp³-hybridized carbons (Fsp3) is 0.214. The number of rotatable bonds is 3. The zero-order valence-electron chi connectivity index (χ0n) is 10.8. The minimum Gasteiger partial charge on any atom is -0.331 e. The Bertz CT molecular complexity index is 763. The van der Waals surface area contributed by atoms with Gasteiger partial charge in [-0.3, -0.25) is 0 Å². The number of aromatic nitrogens is 2. The van der Waals surface area contributed by atoms with Crippen LogP contribution in [0.25, 0.3) is 11.0 Å². The molecule has 0 fully saturated rings. The third kappa shape index (κ3) is 2.44. The largest absolute Gasteiger partial charge is 0.331 e. The second-order valence-electron chi connectivity index (χ2n) is 4.67. The Hall–Kier alpha value is -1.07. The number of hydrogen-bond donors (Lipinski definition) is 1. The van der Waals surface area contributed by atoms with Crippen LogP contribution in [0.5, 0.6) is 0 Å². The molecule has 0 aliphatic rings. The minimum absolute atomic E-state index is 0.207. The lowest BCUT2D eigenvalue weighted by Crippen LogP contribution is -2.15. The van der Waals surface area contributed by atoms with Crippen LogP contribution in [-0.4, -0.2) is 9.55 Å². The molecule has 0 saturated heterocycles. The lowest BCUT2D eigenvalue weighted by Gasteiger charge is -2.10. The Morgan fingerprint density at radius 2 is 2.10 bits per heavy atom. The van der Waals surface area contributed by atoms with Crippen molar-refractivity contribution < 1.29 is 0 Å². The molecule has 0 amide bonds. The second-order valence-corrected chi connectivity index (χ2v) is 6.95. The molecule has 0 spiro atoms. The van der Waals surface area contributed by atoms with Gasteiger partial charge in [-0.15, -0.1) is 11.3 Å². The van der Waals surface area contributed by atoms with E-state index in [2.05, 4.69) is 9.55 Å². The maximum Gasteiger partial charge on any atom is 0.111 e. The Balaban J connectivity index is 1.93. The van der Waals surface area contributed by atoms with E-state index in [1.807, 2.05) is 37.4 Å². The first-order valence-corrected chi connectivity index (χ1v) is 7.74. The molecule has 0 aliphatic heterocycles. The first-order valence-electron chi connectivity index (χ1n) is 6.17. The van der Waals surface area contributed by atoms with E-state index >= 15 is 0 Å². The number of thiophene rings is 1. The zero-order chi connectivity index (χ0) is 14.3. The highest BCUT2D eigenvalue weighted by molar-refractivity contribution is 7.20. The van der Waals surface area contributed by atoms with Crippen molar-refractivity contribution in [2.24, 2.45) is 12.8 Å². The third-order valence-corrected chi connectivity index (χ3v) is 4.88.